The molecule has 3 aromatic carbocycles. The standard InChI is InChI=1S/C25H24O6/c1-27-20-13-17(14-21(28-2)24(20)29-3)23-25(31-23)22(26)18-11-7-8-12-19(18)30-15-16-9-5-4-6-10-16/h4-14,23,25H,15H2,1-3H3/t23-,25+/m1/s1. The van der Waals surface area contributed by atoms with E-state index in [4.69, 9.17) is 23.7 Å². The van der Waals surface area contributed by atoms with Gasteiger partial charge in [0.2, 0.25) is 5.75 Å². The van der Waals surface area contributed by atoms with Gasteiger partial charge >= 0.3 is 0 Å². The number of ketones is 1. The summed E-state index contributed by atoms with van der Waals surface area (Å²) in [7, 11) is 4.65. The first-order valence-corrected chi connectivity index (χ1v) is 9.91. The Morgan fingerprint density at radius 2 is 1.48 bits per heavy atom. The van der Waals surface area contributed by atoms with Crippen molar-refractivity contribution >= 4 is 5.78 Å². The molecule has 0 spiro atoms. The van der Waals surface area contributed by atoms with Crippen molar-refractivity contribution in [2.75, 3.05) is 21.3 Å². The van der Waals surface area contributed by atoms with Crippen molar-refractivity contribution in [3.8, 4) is 23.0 Å². The highest BCUT2D eigenvalue weighted by Crippen LogP contribution is 2.47. The molecule has 0 unspecified atom stereocenters. The fourth-order valence-electron chi connectivity index (χ4n) is 3.52. The molecule has 0 saturated carbocycles. The molecule has 0 amide bonds. The zero-order valence-corrected chi connectivity index (χ0v) is 17.7. The van der Waals surface area contributed by atoms with E-state index in [2.05, 4.69) is 0 Å². The molecule has 1 saturated heterocycles. The minimum atomic E-state index is -0.593. The number of epoxide rings is 1. The third-order valence-electron chi connectivity index (χ3n) is 5.16. The molecule has 1 fully saturated rings. The van der Waals surface area contributed by atoms with E-state index in [1.165, 1.54) is 0 Å². The molecule has 31 heavy (non-hydrogen) atoms. The van der Waals surface area contributed by atoms with Crippen molar-refractivity contribution < 1.29 is 28.5 Å². The van der Waals surface area contributed by atoms with Crippen LogP contribution in [-0.4, -0.2) is 33.2 Å². The third-order valence-corrected chi connectivity index (χ3v) is 5.16. The van der Waals surface area contributed by atoms with Crippen molar-refractivity contribution in [2.24, 2.45) is 0 Å². The van der Waals surface area contributed by atoms with E-state index in [1.54, 1.807) is 45.6 Å². The van der Waals surface area contributed by atoms with Crippen LogP contribution in [0.2, 0.25) is 0 Å². The highest BCUT2D eigenvalue weighted by Gasteiger charge is 2.47. The van der Waals surface area contributed by atoms with Gasteiger partial charge in [0, 0.05) is 0 Å². The van der Waals surface area contributed by atoms with E-state index in [9.17, 15) is 4.79 Å². The predicted octanol–water partition coefficient (Wildman–Crippen LogP) is 4.61. The van der Waals surface area contributed by atoms with Crippen LogP contribution in [0.1, 0.15) is 27.6 Å². The maximum atomic E-state index is 13.2. The molecule has 1 heterocycles. The van der Waals surface area contributed by atoms with Crippen LogP contribution in [0.3, 0.4) is 0 Å². The maximum absolute atomic E-state index is 13.2. The van der Waals surface area contributed by atoms with Gasteiger partial charge in [-0.2, -0.15) is 0 Å². The molecule has 160 valence electrons. The van der Waals surface area contributed by atoms with Gasteiger partial charge in [0.15, 0.2) is 23.4 Å². The average molecular weight is 420 g/mol. The van der Waals surface area contributed by atoms with Gasteiger partial charge in [0.05, 0.1) is 26.9 Å². The second-order valence-electron chi connectivity index (χ2n) is 7.07. The summed E-state index contributed by atoms with van der Waals surface area (Å²) in [4.78, 5) is 13.2. The number of carbonyl (C=O) groups excluding carboxylic acids is 1. The maximum Gasteiger partial charge on any atom is 0.203 e. The number of Topliss-reactive ketones (excluding diaryl/α,β-unsaturated/α-hetero) is 1. The second kappa shape index (κ2) is 9.10. The first-order chi connectivity index (χ1) is 15.2. The van der Waals surface area contributed by atoms with Crippen molar-refractivity contribution in [1.82, 2.24) is 0 Å². The SMILES string of the molecule is COc1cc([C@H]2O[C@H]2C(=O)c2ccccc2OCc2ccccc2)cc(OC)c1OC. The largest absolute Gasteiger partial charge is 0.493 e. The summed E-state index contributed by atoms with van der Waals surface area (Å²) in [6, 6.07) is 20.7. The molecule has 1 aliphatic heterocycles. The molecular weight excluding hydrogens is 396 g/mol. The summed E-state index contributed by atoms with van der Waals surface area (Å²) >= 11 is 0. The number of ether oxygens (including phenoxy) is 5. The van der Waals surface area contributed by atoms with E-state index < -0.39 is 6.10 Å². The number of carbonyl (C=O) groups is 1. The lowest BCUT2D eigenvalue weighted by Gasteiger charge is -2.13. The fourth-order valence-corrected chi connectivity index (χ4v) is 3.52. The van der Waals surface area contributed by atoms with Gasteiger partial charge < -0.3 is 23.7 Å². The number of benzene rings is 3. The molecule has 6 heteroatoms. The number of hydrogen-bond donors (Lipinski definition) is 0. The fraction of sp³-hybridized carbons (Fsp3) is 0.240. The molecular formula is C25H24O6. The van der Waals surface area contributed by atoms with Crippen molar-refractivity contribution in [3.63, 3.8) is 0 Å². The van der Waals surface area contributed by atoms with Gasteiger partial charge in [0.1, 0.15) is 18.5 Å². The van der Waals surface area contributed by atoms with Crippen molar-refractivity contribution in [1.29, 1.82) is 0 Å². The summed E-state index contributed by atoms with van der Waals surface area (Å²) in [5.41, 5.74) is 2.32. The minimum Gasteiger partial charge on any atom is -0.493 e. The minimum absolute atomic E-state index is 0.123. The van der Waals surface area contributed by atoms with Crippen LogP contribution in [0.5, 0.6) is 23.0 Å². The molecule has 3 aromatic rings. The normalized spacial score (nSPS) is 17.0. The van der Waals surface area contributed by atoms with E-state index in [0.29, 0.717) is 35.2 Å². The zero-order chi connectivity index (χ0) is 21.8. The topological polar surface area (TPSA) is 66.5 Å². The molecule has 0 N–H and O–H groups in total. The first kappa shape index (κ1) is 20.8. The smallest absolute Gasteiger partial charge is 0.203 e. The van der Waals surface area contributed by atoms with E-state index in [0.717, 1.165) is 11.1 Å². The molecule has 4 rings (SSSR count). The van der Waals surface area contributed by atoms with E-state index in [1.807, 2.05) is 42.5 Å². The van der Waals surface area contributed by atoms with Crippen molar-refractivity contribution in [2.45, 2.75) is 18.8 Å². The molecule has 0 aliphatic carbocycles. The molecule has 0 radical (unpaired) electrons. The second-order valence-corrected chi connectivity index (χ2v) is 7.07. The number of para-hydroxylation sites is 1. The van der Waals surface area contributed by atoms with Gasteiger partial charge in [-0.1, -0.05) is 42.5 Å². The summed E-state index contributed by atoms with van der Waals surface area (Å²) in [5.74, 6) is 1.95. The van der Waals surface area contributed by atoms with Crippen molar-refractivity contribution in [3.05, 3.63) is 83.4 Å². The Hall–Kier alpha value is -3.51. The van der Waals surface area contributed by atoms with E-state index >= 15 is 0 Å². The van der Waals surface area contributed by atoms with Crippen LogP contribution >= 0.6 is 0 Å². The van der Waals surface area contributed by atoms with Gasteiger partial charge in [0.25, 0.3) is 0 Å². The van der Waals surface area contributed by atoms with Crippen LogP contribution < -0.4 is 18.9 Å². The van der Waals surface area contributed by atoms with Gasteiger partial charge in [-0.05, 0) is 35.4 Å². The number of rotatable bonds is 9. The predicted molar refractivity (Wildman–Crippen MR) is 115 cm³/mol. The molecule has 1 aliphatic rings. The Morgan fingerprint density at radius 3 is 2.13 bits per heavy atom. The van der Waals surface area contributed by atoms with Crippen LogP contribution in [-0.2, 0) is 11.3 Å². The van der Waals surface area contributed by atoms with Gasteiger partial charge in [-0.25, -0.2) is 0 Å². The highest BCUT2D eigenvalue weighted by molar-refractivity contribution is 6.03. The molecule has 0 aromatic heterocycles. The number of methoxy groups -OCH3 is 3. The first-order valence-electron chi connectivity index (χ1n) is 9.91. The Kier molecular flexibility index (Phi) is 6.09. The number of hydrogen-bond acceptors (Lipinski definition) is 6. The van der Waals surface area contributed by atoms with Crippen LogP contribution in [0, 0.1) is 0 Å². The zero-order valence-electron chi connectivity index (χ0n) is 17.7. The van der Waals surface area contributed by atoms with E-state index in [-0.39, 0.29) is 11.9 Å². The molecule has 0 bridgehead atoms. The Labute approximate surface area is 181 Å². The van der Waals surface area contributed by atoms with Crippen LogP contribution in [0.4, 0.5) is 0 Å². The Morgan fingerprint density at radius 1 is 0.839 bits per heavy atom. The summed E-state index contributed by atoms with van der Waals surface area (Å²) < 4.78 is 27.9. The lowest BCUT2D eigenvalue weighted by atomic mass is 10.0. The highest BCUT2D eigenvalue weighted by atomic mass is 16.6. The quantitative estimate of drug-likeness (QED) is 0.372. The average Bonchev–Trinajstić information content (AvgIpc) is 3.63. The Balaban J connectivity index is 1.52. The lowest BCUT2D eigenvalue weighted by molar-refractivity contribution is 0.0949. The lowest BCUT2D eigenvalue weighted by Crippen LogP contribution is -2.11. The summed E-state index contributed by atoms with van der Waals surface area (Å²) in [6.07, 6.45) is -0.979. The molecule has 6 nitrogen and oxygen atoms in total. The third kappa shape index (κ3) is 4.34. The monoisotopic (exact) mass is 420 g/mol. The van der Waals surface area contributed by atoms with Crippen LogP contribution in [0.15, 0.2) is 66.7 Å². The van der Waals surface area contributed by atoms with Gasteiger partial charge in [-0.15, -0.1) is 0 Å². The van der Waals surface area contributed by atoms with Crippen LogP contribution in [0.25, 0.3) is 0 Å². The van der Waals surface area contributed by atoms with Gasteiger partial charge in [-0.3, -0.25) is 4.79 Å². The summed E-state index contributed by atoms with van der Waals surface area (Å²) in [6.45, 7) is 0.382. The summed E-state index contributed by atoms with van der Waals surface area (Å²) in [5, 5.41) is 0. The Bertz CT molecular complexity index is 1040. The molecule has 2 atom stereocenters.